The molecule has 3 heteroatoms. The smallest absolute Gasteiger partial charge is 0.130 e. The molecule has 0 amide bonds. The van der Waals surface area contributed by atoms with Gasteiger partial charge < -0.3 is 9.53 Å². The average Bonchev–Trinajstić information content (AvgIpc) is 2.98. The van der Waals surface area contributed by atoms with Crippen LogP contribution in [0.5, 0.6) is 5.75 Å². The molecule has 14 heavy (non-hydrogen) atoms. The largest absolute Gasteiger partial charge is 0.496 e. The highest BCUT2D eigenvalue weighted by atomic mass is 79.9. The summed E-state index contributed by atoms with van der Waals surface area (Å²) in [6, 6.07) is 5.81. The lowest BCUT2D eigenvalue weighted by Gasteiger charge is -2.13. The van der Waals surface area contributed by atoms with Crippen molar-refractivity contribution in [3.05, 3.63) is 28.2 Å². The zero-order valence-corrected chi connectivity index (χ0v) is 9.50. The lowest BCUT2D eigenvalue weighted by Crippen LogP contribution is -2.09. The molecule has 1 aromatic carbocycles. The van der Waals surface area contributed by atoms with Crippen LogP contribution in [0.3, 0.4) is 0 Å². The van der Waals surface area contributed by atoms with Crippen LogP contribution in [0.25, 0.3) is 0 Å². The van der Waals surface area contributed by atoms with Crippen molar-refractivity contribution in [2.24, 2.45) is 0 Å². The summed E-state index contributed by atoms with van der Waals surface area (Å²) in [4.78, 5) is 11.0. The molecule has 1 aromatic rings. The maximum atomic E-state index is 11.0. The van der Waals surface area contributed by atoms with Gasteiger partial charge in [-0.1, -0.05) is 22.0 Å². The van der Waals surface area contributed by atoms with Crippen molar-refractivity contribution in [2.45, 2.75) is 18.3 Å². The van der Waals surface area contributed by atoms with E-state index in [1.165, 1.54) is 0 Å². The van der Waals surface area contributed by atoms with Crippen LogP contribution in [0.2, 0.25) is 0 Å². The normalized spacial score (nSPS) is 17.6. The van der Waals surface area contributed by atoms with Gasteiger partial charge in [0.05, 0.1) is 12.5 Å². The Labute approximate surface area is 91.4 Å². The summed E-state index contributed by atoms with van der Waals surface area (Å²) >= 11 is 3.38. The molecule has 1 aliphatic rings. The first-order chi connectivity index (χ1) is 6.72. The number of methoxy groups -OCH3 is 1. The van der Waals surface area contributed by atoms with Crippen molar-refractivity contribution in [3.8, 4) is 5.75 Å². The van der Waals surface area contributed by atoms with E-state index in [0.29, 0.717) is 0 Å². The van der Waals surface area contributed by atoms with Gasteiger partial charge in [-0.3, -0.25) is 0 Å². The van der Waals surface area contributed by atoms with E-state index >= 15 is 0 Å². The Kier molecular flexibility index (Phi) is 2.35. The number of ether oxygens (including phenoxy) is 1. The molecule has 0 N–H and O–H groups in total. The standard InChI is InChI=1S/C11H11BrO2/c1-14-10-6-8(12)2-3-9(10)11(7-13)4-5-11/h2-3,6-7H,4-5H2,1H3. The van der Waals surface area contributed by atoms with Crippen LogP contribution in [-0.2, 0) is 10.2 Å². The second-order valence-electron chi connectivity index (χ2n) is 3.62. The van der Waals surface area contributed by atoms with Gasteiger partial charge in [-0.2, -0.15) is 0 Å². The minimum Gasteiger partial charge on any atom is -0.496 e. The molecule has 74 valence electrons. The molecule has 0 bridgehead atoms. The highest BCUT2D eigenvalue weighted by molar-refractivity contribution is 9.10. The highest BCUT2D eigenvalue weighted by Crippen LogP contribution is 2.49. The van der Waals surface area contributed by atoms with Gasteiger partial charge in [-0.25, -0.2) is 0 Å². The minimum absolute atomic E-state index is 0.258. The first kappa shape index (κ1) is 9.71. The lowest BCUT2D eigenvalue weighted by atomic mass is 9.97. The molecule has 0 heterocycles. The molecule has 1 aliphatic carbocycles. The van der Waals surface area contributed by atoms with Crippen LogP contribution in [0, 0.1) is 0 Å². The zero-order chi connectivity index (χ0) is 10.2. The van der Waals surface area contributed by atoms with Gasteiger partial charge in [0, 0.05) is 10.0 Å². The molecule has 1 saturated carbocycles. The molecule has 2 rings (SSSR count). The Hall–Kier alpha value is -0.830. The van der Waals surface area contributed by atoms with E-state index < -0.39 is 0 Å². The third-order valence-electron chi connectivity index (χ3n) is 2.71. The molecule has 0 aromatic heterocycles. The van der Waals surface area contributed by atoms with E-state index in [0.717, 1.165) is 34.9 Å². The van der Waals surface area contributed by atoms with Crippen LogP contribution in [-0.4, -0.2) is 13.4 Å². The zero-order valence-electron chi connectivity index (χ0n) is 7.92. The van der Waals surface area contributed by atoms with Crippen LogP contribution in [0.15, 0.2) is 22.7 Å². The Morgan fingerprint density at radius 2 is 2.21 bits per heavy atom. The Bertz CT molecular complexity index is 370. The first-order valence-corrected chi connectivity index (χ1v) is 5.31. The van der Waals surface area contributed by atoms with E-state index in [1.54, 1.807) is 7.11 Å². The number of halogens is 1. The average molecular weight is 255 g/mol. The van der Waals surface area contributed by atoms with E-state index in [4.69, 9.17) is 4.74 Å². The molecule has 0 unspecified atom stereocenters. The quantitative estimate of drug-likeness (QED) is 0.776. The summed E-state index contributed by atoms with van der Waals surface area (Å²) in [5.74, 6) is 0.795. The van der Waals surface area contributed by atoms with Crippen molar-refractivity contribution < 1.29 is 9.53 Å². The van der Waals surface area contributed by atoms with Crippen molar-refractivity contribution in [3.63, 3.8) is 0 Å². The summed E-state index contributed by atoms with van der Waals surface area (Å²) in [5.41, 5.74) is 0.754. The van der Waals surface area contributed by atoms with Gasteiger partial charge in [0.2, 0.25) is 0 Å². The number of carbonyl (C=O) groups is 1. The molecule has 0 atom stereocenters. The Balaban J connectivity index is 2.47. The molecule has 1 fully saturated rings. The third-order valence-corrected chi connectivity index (χ3v) is 3.21. The van der Waals surface area contributed by atoms with Crippen molar-refractivity contribution in [1.82, 2.24) is 0 Å². The van der Waals surface area contributed by atoms with Crippen molar-refractivity contribution in [1.29, 1.82) is 0 Å². The van der Waals surface area contributed by atoms with Gasteiger partial charge in [0.15, 0.2) is 0 Å². The van der Waals surface area contributed by atoms with Crippen LogP contribution in [0.4, 0.5) is 0 Å². The number of carbonyl (C=O) groups excluding carboxylic acids is 1. The number of rotatable bonds is 3. The summed E-state index contributed by atoms with van der Waals surface area (Å²) in [6.45, 7) is 0. The fourth-order valence-corrected chi connectivity index (χ4v) is 2.00. The first-order valence-electron chi connectivity index (χ1n) is 4.52. The fraction of sp³-hybridized carbons (Fsp3) is 0.364. The molecule has 0 saturated heterocycles. The van der Waals surface area contributed by atoms with Gasteiger partial charge in [-0.05, 0) is 25.0 Å². The minimum atomic E-state index is -0.258. The number of hydrogen-bond acceptors (Lipinski definition) is 2. The maximum absolute atomic E-state index is 11.0. The van der Waals surface area contributed by atoms with E-state index in [9.17, 15) is 4.79 Å². The SMILES string of the molecule is COc1cc(Br)ccc1C1(C=O)CC1. The number of benzene rings is 1. The topological polar surface area (TPSA) is 26.3 Å². The molecule has 0 aliphatic heterocycles. The van der Waals surface area contributed by atoms with E-state index in [2.05, 4.69) is 15.9 Å². The predicted molar refractivity (Wildman–Crippen MR) is 57.7 cm³/mol. The maximum Gasteiger partial charge on any atom is 0.130 e. The second-order valence-corrected chi connectivity index (χ2v) is 4.53. The molecular formula is C11H11BrO2. The van der Waals surface area contributed by atoms with Crippen molar-refractivity contribution >= 4 is 22.2 Å². The summed E-state index contributed by atoms with van der Waals surface area (Å²) in [7, 11) is 1.63. The predicted octanol–water partition coefficient (Wildman–Crippen LogP) is 2.69. The second kappa shape index (κ2) is 3.39. The molecule has 2 nitrogen and oxygen atoms in total. The summed E-state index contributed by atoms with van der Waals surface area (Å²) in [5, 5.41) is 0. The van der Waals surface area contributed by atoms with E-state index in [1.807, 2.05) is 18.2 Å². The monoisotopic (exact) mass is 254 g/mol. The summed E-state index contributed by atoms with van der Waals surface area (Å²) in [6.07, 6.45) is 2.92. The lowest BCUT2D eigenvalue weighted by molar-refractivity contribution is -0.109. The highest BCUT2D eigenvalue weighted by Gasteiger charge is 2.46. The molecule has 0 radical (unpaired) electrons. The Morgan fingerprint density at radius 3 is 2.71 bits per heavy atom. The van der Waals surface area contributed by atoms with Crippen LogP contribution in [0.1, 0.15) is 18.4 Å². The third kappa shape index (κ3) is 1.46. The molecular weight excluding hydrogens is 244 g/mol. The van der Waals surface area contributed by atoms with Gasteiger partial charge in [0.25, 0.3) is 0 Å². The van der Waals surface area contributed by atoms with Gasteiger partial charge >= 0.3 is 0 Å². The summed E-state index contributed by atoms with van der Waals surface area (Å²) < 4.78 is 6.24. The van der Waals surface area contributed by atoms with E-state index in [-0.39, 0.29) is 5.41 Å². The van der Waals surface area contributed by atoms with Gasteiger partial charge in [-0.15, -0.1) is 0 Å². The van der Waals surface area contributed by atoms with Gasteiger partial charge in [0.1, 0.15) is 12.0 Å². The number of hydrogen-bond donors (Lipinski definition) is 0. The van der Waals surface area contributed by atoms with Crippen LogP contribution >= 0.6 is 15.9 Å². The number of aldehydes is 1. The van der Waals surface area contributed by atoms with Crippen LogP contribution < -0.4 is 4.74 Å². The van der Waals surface area contributed by atoms with Crippen molar-refractivity contribution in [2.75, 3.05) is 7.11 Å². The Morgan fingerprint density at radius 1 is 1.50 bits per heavy atom. The molecule has 0 spiro atoms. The fourth-order valence-electron chi connectivity index (χ4n) is 1.66.